The second-order valence-corrected chi connectivity index (χ2v) is 17.7. The summed E-state index contributed by atoms with van der Waals surface area (Å²) in [5, 5.41) is 0. The van der Waals surface area contributed by atoms with Crippen LogP contribution in [0, 0.1) is 23.7 Å². The van der Waals surface area contributed by atoms with E-state index in [4.69, 9.17) is 4.74 Å². The summed E-state index contributed by atoms with van der Waals surface area (Å²) < 4.78 is 7.15. The first-order valence-corrected chi connectivity index (χ1v) is 19.2. The van der Waals surface area contributed by atoms with Crippen LogP contribution in [0.2, 0.25) is 0 Å². The van der Waals surface area contributed by atoms with Crippen molar-refractivity contribution in [1.29, 1.82) is 0 Å². The fourth-order valence-corrected chi connectivity index (χ4v) is 11.7. The predicted octanol–water partition coefficient (Wildman–Crippen LogP) is 13.0. The van der Waals surface area contributed by atoms with Crippen molar-refractivity contribution in [3.05, 3.63) is 138 Å². The zero-order valence-corrected chi connectivity index (χ0v) is 30.1. The molecule has 11 rings (SSSR count). The van der Waals surface area contributed by atoms with Crippen LogP contribution in [0.5, 0.6) is 11.5 Å². The van der Waals surface area contributed by atoms with Crippen LogP contribution in [0.25, 0.3) is 11.1 Å². The summed E-state index contributed by atoms with van der Waals surface area (Å²) in [5.41, 5.74) is 12.2. The highest BCUT2D eigenvalue weighted by Crippen LogP contribution is 2.69. The van der Waals surface area contributed by atoms with Crippen LogP contribution in [0.3, 0.4) is 0 Å². The number of hydrogen-bond donors (Lipinski definition) is 0. The number of anilines is 3. The first-order chi connectivity index (χ1) is 24.2. The molecular formula is C48H49NO. The topological polar surface area (TPSA) is 12.5 Å². The molecule has 4 saturated carbocycles. The minimum absolute atomic E-state index is 0.0403. The quantitative estimate of drug-likeness (QED) is 0.191. The van der Waals surface area contributed by atoms with Gasteiger partial charge in [0.2, 0.25) is 0 Å². The third kappa shape index (κ3) is 4.39. The van der Waals surface area contributed by atoms with Gasteiger partial charge in [0, 0.05) is 39.2 Å². The zero-order chi connectivity index (χ0) is 33.8. The zero-order valence-electron chi connectivity index (χ0n) is 30.1. The maximum atomic E-state index is 7.15. The first kappa shape index (κ1) is 30.5. The van der Waals surface area contributed by atoms with Crippen LogP contribution in [-0.4, -0.2) is 0 Å². The van der Waals surface area contributed by atoms with E-state index in [9.17, 15) is 0 Å². The second-order valence-electron chi connectivity index (χ2n) is 17.7. The molecule has 5 aliphatic carbocycles. The van der Waals surface area contributed by atoms with E-state index in [2.05, 4.69) is 148 Å². The van der Waals surface area contributed by atoms with Crippen LogP contribution in [0.15, 0.2) is 115 Å². The minimum Gasteiger partial charge on any atom is -0.456 e. The molecule has 0 amide bonds. The molecule has 252 valence electrons. The van der Waals surface area contributed by atoms with E-state index in [1.807, 2.05) is 0 Å². The highest BCUT2D eigenvalue weighted by atomic mass is 16.5. The van der Waals surface area contributed by atoms with E-state index in [0.29, 0.717) is 11.8 Å². The average molecular weight is 656 g/mol. The molecule has 0 N–H and O–H groups in total. The molecule has 6 aliphatic rings. The largest absolute Gasteiger partial charge is 0.456 e. The predicted molar refractivity (Wildman–Crippen MR) is 206 cm³/mol. The third-order valence-corrected chi connectivity index (χ3v) is 14.0. The van der Waals surface area contributed by atoms with Gasteiger partial charge in [-0.15, -0.1) is 0 Å². The molecule has 4 fully saturated rings. The average Bonchev–Trinajstić information content (AvgIpc) is 3.12. The van der Waals surface area contributed by atoms with Crippen molar-refractivity contribution < 1.29 is 4.74 Å². The van der Waals surface area contributed by atoms with E-state index in [1.54, 1.807) is 0 Å². The van der Waals surface area contributed by atoms with E-state index in [1.165, 1.54) is 95.4 Å². The van der Waals surface area contributed by atoms with Gasteiger partial charge in [0.15, 0.2) is 0 Å². The van der Waals surface area contributed by atoms with E-state index >= 15 is 0 Å². The molecule has 0 radical (unpaired) electrons. The van der Waals surface area contributed by atoms with Crippen LogP contribution in [-0.2, 0) is 16.2 Å². The van der Waals surface area contributed by atoms with Crippen molar-refractivity contribution in [3.8, 4) is 22.6 Å². The van der Waals surface area contributed by atoms with Crippen LogP contribution >= 0.6 is 0 Å². The summed E-state index contributed by atoms with van der Waals surface area (Å²) in [7, 11) is 0. The third-order valence-electron chi connectivity index (χ3n) is 14.0. The SMILES string of the molecule is CC1(C)CCC(C)(C)c2cc(N(c3ccccc3)c3ccc4c(c3)C3(c5cccc(-c6ccccc6)c5O4)C4CC5CC(C4)CC3C5)ccc21. The van der Waals surface area contributed by atoms with Crippen molar-refractivity contribution in [1.82, 2.24) is 0 Å². The van der Waals surface area contributed by atoms with Gasteiger partial charge in [0.25, 0.3) is 0 Å². The van der Waals surface area contributed by atoms with Crippen molar-refractivity contribution in [2.75, 3.05) is 4.90 Å². The molecule has 1 heterocycles. The first-order valence-electron chi connectivity index (χ1n) is 19.2. The number of para-hydroxylation sites is 2. The maximum Gasteiger partial charge on any atom is 0.139 e. The molecule has 1 spiro atoms. The van der Waals surface area contributed by atoms with Gasteiger partial charge in [0.05, 0.1) is 0 Å². The lowest BCUT2D eigenvalue weighted by atomic mass is 9.41. The Morgan fingerprint density at radius 3 is 1.80 bits per heavy atom. The highest BCUT2D eigenvalue weighted by Gasteiger charge is 2.61. The van der Waals surface area contributed by atoms with Crippen LogP contribution < -0.4 is 9.64 Å². The normalized spacial score (nSPS) is 27.6. The van der Waals surface area contributed by atoms with E-state index < -0.39 is 0 Å². The van der Waals surface area contributed by atoms with Gasteiger partial charge < -0.3 is 9.64 Å². The Morgan fingerprint density at radius 2 is 1.12 bits per heavy atom. The number of ether oxygens (including phenoxy) is 1. The Labute approximate surface area is 298 Å². The van der Waals surface area contributed by atoms with Gasteiger partial charge in [0.1, 0.15) is 11.5 Å². The van der Waals surface area contributed by atoms with E-state index in [0.717, 1.165) is 23.3 Å². The lowest BCUT2D eigenvalue weighted by Gasteiger charge is -2.63. The number of nitrogens with zero attached hydrogens (tertiary/aromatic N) is 1. The fraction of sp³-hybridized carbons (Fsp3) is 0.375. The van der Waals surface area contributed by atoms with Crippen molar-refractivity contribution >= 4 is 17.1 Å². The molecule has 0 saturated heterocycles. The smallest absolute Gasteiger partial charge is 0.139 e. The molecule has 5 aromatic rings. The molecule has 4 bridgehead atoms. The van der Waals surface area contributed by atoms with Gasteiger partial charge in [-0.1, -0.05) is 100 Å². The Morgan fingerprint density at radius 1 is 0.520 bits per heavy atom. The van der Waals surface area contributed by atoms with Gasteiger partial charge >= 0.3 is 0 Å². The van der Waals surface area contributed by atoms with E-state index in [-0.39, 0.29) is 16.2 Å². The Kier molecular flexibility index (Phi) is 6.62. The lowest BCUT2D eigenvalue weighted by molar-refractivity contribution is -0.0451. The molecular weight excluding hydrogens is 607 g/mol. The summed E-state index contributed by atoms with van der Waals surface area (Å²) >= 11 is 0. The van der Waals surface area contributed by atoms with Crippen LogP contribution in [0.4, 0.5) is 17.1 Å². The summed E-state index contributed by atoms with van der Waals surface area (Å²) in [6.07, 6.45) is 9.21. The van der Waals surface area contributed by atoms with Gasteiger partial charge in [-0.3, -0.25) is 0 Å². The molecule has 0 unspecified atom stereocenters. The lowest BCUT2D eigenvalue weighted by Crippen LogP contribution is -2.57. The molecule has 50 heavy (non-hydrogen) atoms. The number of benzene rings is 5. The number of hydrogen-bond acceptors (Lipinski definition) is 2. The highest BCUT2D eigenvalue weighted by molar-refractivity contribution is 5.81. The summed E-state index contributed by atoms with van der Waals surface area (Å²) in [4.78, 5) is 2.51. The van der Waals surface area contributed by atoms with Crippen LogP contribution in [0.1, 0.15) is 94.9 Å². The van der Waals surface area contributed by atoms with Gasteiger partial charge in [-0.2, -0.15) is 0 Å². The molecule has 0 aromatic heterocycles. The molecule has 5 aromatic carbocycles. The van der Waals surface area contributed by atoms with Gasteiger partial charge in [-0.05, 0) is 139 Å². The minimum atomic E-state index is -0.0403. The molecule has 1 aliphatic heterocycles. The number of rotatable bonds is 4. The Bertz CT molecular complexity index is 2080. The monoisotopic (exact) mass is 655 g/mol. The summed E-state index contributed by atoms with van der Waals surface area (Å²) in [6.45, 7) is 9.71. The molecule has 2 nitrogen and oxygen atoms in total. The van der Waals surface area contributed by atoms with Crippen molar-refractivity contribution in [2.24, 2.45) is 23.7 Å². The Balaban J connectivity index is 1.18. The summed E-state index contributed by atoms with van der Waals surface area (Å²) in [6, 6.07) is 43.4. The number of fused-ring (bicyclic) bond motifs is 3. The molecule has 2 heteroatoms. The van der Waals surface area contributed by atoms with Crippen molar-refractivity contribution in [3.63, 3.8) is 0 Å². The summed E-state index contributed by atoms with van der Waals surface area (Å²) in [5.74, 6) is 5.17. The van der Waals surface area contributed by atoms with Crippen molar-refractivity contribution in [2.45, 2.75) is 88.9 Å². The Hall–Kier alpha value is -4.30. The van der Waals surface area contributed by atoms with Gasteiger partial charge in [-0.25, -0.2) is 0 Å². The fourth-order valence-electron chi connectivity index (χ4n) is 11.7. The standard InChI is InChI=1S/C48H49NO/c1-46(2)22-23-47(3,4)42-29-37(18-20-40(42)46)49(36-14-9-6-10-15-36)38-19-21-44-43(30-38)48(34-25-31-24-32(27-34)28-35(48)26-31)41-17-11-16-39(45(41)50-44)33-12-7-5-8-13-33/h5-21,29-32,34-35H,22-28H2,1-4H3. The second kappa shape index (κ2) is 10.8. The maximum absolute atomic E-state index is 7.15. The molecule has 0 atom stereocenters.